The molecule has 1 atom stereocenters. The van der Waals surface area contributed by atoms with Crippen LogP contribution in [0.1, 0.15) is 71.7 Å². The Morgan fingerprint density at radius 1 is 1.18 bits per heavy atom. The first-order chi connectivity index (χ1) is 16.0. The zero-order chi connectivity index (χ0) is 26.6. The van der Waals surface area contributed by atoms with Gasteiger partial charge >= 0.3 is 11.9 Å². The SMILES string of the molecule is CC(C)C.CCC.COCC(C)(C)[C@@H](OC(=O)c1cccnc1)C(=O)NCCC(=O)OCCN. The van der Waals surface area contributed by atoms with Crippen LogP contribution < -0.4 is 11.1 Å². The number of carbonyl (C=O) groups excluding carboxylic acids is 3. The van der Waals surface area contributed by atoms with Crippen LogP contribution in [0.3, 0.4) is 0 Å². The Morgan fingerprint density at radius 2 is 1.76 bits per heavy atom. The third-order valence-electron chi connectivity index (χ3n) is 3.60. The number of nitrogens with one attached hydrogen (secondary N) is 1. The number of rotatable bonds is 11. The molecule has 9 heteroatoms. The van der Waals surface area contributed by atoms with Crippen LogP contribution in [0, 0.1) is 11.3 Å². The lowest BCUT2D eigenvalue weighted by Crippen LogP contribution is -2.49. The summed E-state index contributed by atoms with van der Waals surface area (Å²) in [4.78, 5) is 40.3. The third kappa shape index (κ3) is 17.0. The van der Waals surface area contributed by atoms with Gasteiger partial charge in [-0.05, 0) is 18.1 Å². The fourth-order valence-electron chi connectivity index (χ4n) is 2.30. The van der Waals surface area contributed by atoms with Gasteiger partial charge in [-0.1, -0.05) is 54.9 Å². The van der Waals surface area contributed by atoms with Crippen LogP contribution in [0.25, 0.3) is 0 Å². The number of pyridine rings is 1. The molecule has 0 aliphatic heterocycles. The van der Waals surface area contributed by atoms with Gasteiger partial charge in [0.1, 0.15) is 6.61 Å². The van der Waals surface area contributed by atoms with Crippen molar-refractivity contribution in [3.8, 4) is 0 Å². The van der Waals surface area contributed by atoms with Crippen molar-refractivity contribution in [3.63, 3.8) is 0 Å². The zero-order valence-electron chi connectivity index (χ0n) is 22.2. The number of nitrogens with two attached hydrogens (primary N) is 1. The average molecular weight is 484 g/mol. The average Bonchev–Trinajstić information content (AvgIpc) is 2.76. The largest absolute Gasteiger partial charge is 0.464 e. The van der Waals surface area contributed by atoms with E-state index in [0.29, 0.717) is 0 Å². The fourth-order valence-corrected chi connectivity index (χ4v) is 2.30. The van der Waals surface area contributed by atoms with Crippen LogP contribution in [-0.4, -0.2) is 62.3 Å². The Balaban J connectivity index is 0. The maximum atomic E-state index is 12.6. The Kier molecular flexibility index (Phi) is 19.7. The Bertz CT molecular complexity index is 678. The molecule has 1 rings (SSSR count). The Labute approximate surface area is 205 Å². The standard InChI is InChI=1S/C18H27N3O6.C4H10.C3H8/c1-18(2,12-25-3)15(27-17(24)13-5-4-8-20-11-13)16(23)21-9-6-14(22)26-10-7-19;1-4(2)3;1-3-2/h4-5,8,11,15H,6-7,9-10,12,19H2,1-3H3,(H,21,23);4H,1-3H3;3H2,1-2H3/t15-;;/m0../s1. The van der Waals surface area contributed by atoms with Crippen LogP contribution in [0.15, 0.2) is 24.5 Å². The van der Waals surface area contributed by atoms with Crippen molar-refractivity contribution < 1.29 is 28.6 Å². The summed E-state index contributed by atoms with van der Waals surface area (Å²) in [6.07, 6.45) is 3.00. The zero-order valence-corrected chi connectivity index (χ0v) is 22.2. The molecule has 0 aromatic carbocycles. The monoisotopic (exact) mass is 483 g/mol. The molecular formula is C25H45N3O6. The molecule has 0 aliphatic carbocycles. The van der Waals surface area contributed by atoms with Gasteiger partial charge in [-0.25, -0.2) is 4.79 Å². The number of hydrogen-bond acceptors (Lipinski definition) is 8. The smallest absolute Gasteiger partial charge is 0.340 e. The molecule has 0 saturated carbocycles. The molecule has 0 spiro atoms. The van der Waals surface area contributed by atoms with Crippen molar-refractivity contribution in [2.45, 2.75) is 67.4 Å². The summed E-state index contributed by atoms with van der Waals surface area (Å²) in [6, 6.07) is 3.14. The van der Waals surface area contributed by atoms with Gasteiger partial charge in [0.15, 0.2) is 6.10 Å². The second-order valence-corrected chi connectivity index (χ2v) is 8.94. The molecule has 1 aromatic rings. The van der Waals surface area contributed by atoms with Gasteiger partial charge in [0.05, 0.1) is 18.6 Å². The molecule has 0 saturated heterocycles. The summed E-state index contributed by atoms with van der Waals surface area (Å²) in [5, 5.41) is 2.59. The molecule has 0 unspecified atom stereocenters. The van der Waals surface area contributed by atoms with Gasteiger partial charge in [-0.2, -0.15) is 0 Å². The number of amides is 1. The van der Waals surface area contributed by atoms with Crippen molar-refractivity contribution in [1.29, 1.82) is 0 Å². The lowest BCUT2D eigenvalue weighted by atomic mass is 9.86. The minimum absolute atomic E-state index is 0.0142. The summed E-state index contributed by atoms with van der Waals surface area (Å²) < 4.78 is 15.4. The van der Waals surface area contributed by atoms with Crippen LogP contribution in [0.5, 0.6) is 0 Å². The van der Waals surface area contributed by atoms with Gasteiger partial charge < -0.3 is 25.3 Å². The van der Waals surface area contributed by atoms with E-state index in [4.69, 9.17) is 19.9 Å². The van der Waals surface area contributed by atoms with E-state index in [0.717, 1.165) is 5.92 Å². The molecule has 1 heterocycles. The van der Waals surface area contributed by atoms with Crippen molar-refractivity contribution in [2.24, 2.45) is 17.1 Å². The fraction of sp³-hybridized carbons (Fsp3) is 0.680. The molecular weight excluding hydrogens is 438 g/mol. The molecule has 0 bridgehead atoms. The highest BCUT2D eigenvalue weighted by Crippen LogP contribution is 2.25. The van der Waals surface area contributed by atoms with E-state index in [1.807, 2.05) is 0 Å². The van der Waals surface area contributed by atoms with Crippen LogP contribution >= 0.6 is 0 Å². The summed E-state index contributed by atoms with van der Waals surface area (Å²) in [5.74, 6) is -0.837. The number of esters is 2. The molecule has 3 N–H and O–H groups in total. The third-order valence-corrected chi connectivity index (χ3v) is 3.60. The molecule has 0 fully saturated rings. The van der Waals surface area contributed by atoms with E-state index in [-0.39, 0.29) is 38.3 Å². The van der Waals surface area contributed by atoms with Crippen LogP contribution in [0.2, 0.25) is 0 Å². The molecule has 0 aliphatic rings. The summed E-state index contributed by atoms with van der Waals surface area (Å²) >= 11 is 0. The summed E-state index contributed by atoms with van der Waals surface area (Å²) in [7, 11) is 1.49. The summed E-state index contributed by atoms with van der Waals surface area (Å²) in [6.45, 7) is 14.8. The van der Waals surface area contributed by atoms with E-state index in [1.54, 1.807) is 26.0 Å². The molecule has 1 aromatic heterocycles. The lowest BCUT2D eigenvalue weighted by Gasteiger charge is -2.32. The second kappa shape index (κ2) is 19.9. The first-order valence-electron chi connectivity index (χ1n) is 11.7. The van der Waals surface area contributed by atoms with E-state index in [9.17, 15) is 14.4 Å². The van der Waals surface area contributed by atoms with Crippen LogP contribution in [-0.2, 0) is 23.8 Å². The van der Waals surface area contributed by atoms with Crippen molar-refractivity contribution >= 4 is 17.8 Å². The van der Waals surface area contributed by atoms with Gasteiger partial charge in [-0.3, -0.25) is 14.6 Å². The van der Waals surface area contributed by atoms with Crippen LogP contribution in [0.4, 0.5) is 0 Å². The Hall–Kier alpha value is -2.52. The Morgan fingerprint density at radius 3 is 2.24 bits per heavy atom. The maximum Gasteiger partial charge on any atom is 0.340 e. The highest BCUT2D eigenvalue weighted by Gasteiger charge is 2.39. The second-order valence-electron chi connectivity index (χ2n) is 8.94. The van der Waals surface area contributed by atoms with Gasteiger partial charge in [0.25, 0.3) is 5.91 Å². The predicted molar refractivity (Wildman–Crippen MR) is 133 cm³/mol. The molecule has 196 valence electrons. The molecule has 1 amide bonds. The number of carbonyl (C=O) groups is 3. The van der Waals surface area contributed by atoms with Gasteiger partial charge in [0.2, 0.25) is 0 Å². The predicted octanol–water partition coefficient (Wildman–Crippen LogP) is 3.37. The molecule has 34 heavy (non-hydrogen) atoms. The highest BCUT2D eigenvalue weighted by molar-refractivity contribution is 5.92. The maximum absolute atomic E-state index is 12.6. The van der Waals surface area contributed by atoms with Crippen molar-refractivity contribution in [1.82, 2.24) is 10.3 Å². The highest BCUT2D eigenvalue weighted by atomic mass is 16.6. The lowest BCUT2D eigenvalue weighted by molar-refractivity contribution is -0.143. The first-order valence-corrected chi connectivity index (χ1v) is 11.7. The molecule has 9 nitrogen and oxygen atoms in total. The van der Waals surface area contributed by atoms with Crippen molar-refractivity contribution in [2.75, 3.05) is 33.4 Å². The van der Waals surface area contributed by atoms with E-state index in [2.05, 4.69) is 44.9 Å². The van der Waals surface area contributed by atoms with Gasteiger partial charge in [-0.15, -0.1) is 0 Å². The number of ether oxygens (including phenoxy) is 3. The quantitative estimate of drug-likeness (QED) is 0.458. The van der Waals surface area contributed by atoms with E-state index in [1.165, 1.54) is 25.9 Å². The number of methoxy groups -OCH3 is 1. The van der Waals surface area contributed by atoms with E-state index < -0.39 is 29.4 Å². The van der Waals surface area contributed by atoms with Crippen molar-refractivity contribution in [3.05, 3.63) is 30.1 Å². The number of aromatic nitrogens is 1. The van der Waals surface area contributed by atoms with Gasteiger partial charge in [0, 0.05) is 38.0 Å². The number of hydrogen-bond donors (Lipinski definition) is 2. The number of nitrogens with zero attached hydrogens (tertiary/aromatic N) is 1. The normalized spacial score (nSPS) is 11.2. The minimum atomic E-state index is -1.12. The topological polar surface area (TPSA) is 130 Å². The van der Waals surface area contributed by atoms with E-state index >= 15 is 0 Å². The summed E-state index contributed by atoms with van der Waals surface area (Å²) in [5.41, 5.74) is 4.69. The first kappa shape index (κ1) is 33.7. The minimum Gasteiger partial charge on any atom is -0.464 e. The molecule has 0 radical (unpaired) electrons.